The molecule has 198 valence electrons. The number of ether oxygens (including phenoxy) is 1. The predicted octanol–water partition coefficient (Wildman–Crippen LogP) is 5.27. The highest BCUT2D eigenvalue weighted by molar-refractivity contribution is 7.80. The minimum absolute atomic E-state index is 0.0658. The lowest BCUT2D eigenvalue weighted by molar-refractivity contribution is -0.116. The molecule has 0 radical (unpaired) electrons. The zero-order valence-corrected chi connectivity index (χ0v) is 21.8. The number of benzene rings is 2. The van der Waals surface area contributed by atoms with E-state index in [1.807, 2.05) is 41.3 Å². The van der Waals surface area contributed by atoms with Crippen LogP contribution in [-0.4, -0.2) is 40.5 Å². The lowest BCUT2D eigenvalue weighted by Gasteiger charge is -2.25. The van der Waals surface area contributed by atoms with Crippen LogP contribution in [0.3, 0.4) is 0 Å². The molecule has 1 aliphatic rings. The van der Waals surface area contributed by atoms with Crippen molar-refractivity contribution in [3.8, 4) is 11.3 Å². The van der Waals surface area contributed by atoms with E-state index in [2.05, 4.69) is 15.6 Å². The van der Waals surface area contributed by atoms with Gasteiger partial charge in [-0.05, 0) is 60.7 Å². The van der Waals surface area contributed by atoms with Gasteiger partial charge in [0.05, 0.1) is 30.1 Å². The third-order valence-corrected chi connectivity index (χ3v) is 6.76. The molecule has 3 heterocycles. The second kappa shape index (κ2) is 11.4. The second-order valence-corrected chi connectivity index (χ2v) is 9.26. The Labute approximate surface area is 229 Å². The Balaban J connectivity index is 1.41. The van der Waals surface area contributed by atoms with Gasteiger partial charge in [-0.15, -0.1) is 0 Å². The van der Waals surface area contributed by atoms with Crippen molar-refractivity contribution in [1.82, 2.24) is 15.2 Å². The number of thiocarbonyl (C=S) groups is 1. The number of halogens is 1. The fraction of sp³-hybridized carbons (Fsp3) is 0.172. The van der Waals surface area contributed by atoms with Crippen LogP contribution in [0.25, 0.3) is 11.3 Å². The third kappa shape index (κ3) is 5.65. The minimum Gasteiger partial charge on any atom is -0.465 e. The highest BCUT2D eigenvalue weighted by Gasteiger charge is 2.41. The first-order chi connectivity index (χ1) is 18.9. The highest BCUT2D eigenvalue weighted by atomic mass is 32.1. The number of hydrogen-bond donors (Lipinski definition) is 2. The first-order valence-electron chi connectivity index (χ1n) is 12.3. The molecule has 2 aromatic carbocycles. The standard InChI is InChI=1S/C29H25FN4O4S/c1-37-28(36)19-8-6-7-18(17-19)23-12-13-24(38-23)27-26(22-11-4-5-15-31-22)33-29(39)34(27)16-14-25(35)32-21-10-3-2-9-20(21)30/h2-13,15,17,26-27H,14,16H2,1H3,(H,32,35)(H,33,39)/t26-,27+/m0/s1. The summed E-state index contributed by atoms with van der Waals surface area (Å²) >= 11 is 5.66. The quantitative estimate of drug-likeness (QED) is 0.229. The molecule has 1 aliphatic heterocycles. The lowest BCUT2D eigenvalue weighted by atomic mass is 10.0. The number of aromatic nitrogens is 1. The summed E-state index contributed by atoms with van der Waals surface area (Å²) in [6.45, 7) is 0.258. The lowest BCUT2D eigenvalue weighted by Crippen LogP contribution is -2.32. The van der Waals surface area contributed by atoms with E-state index in [-0.39, 0.29) is 30.6 Å². The summed E-state index contributed by atoms with van der Waals surface area (Å²) in [5.74, 6) is -0.125. The number of esters is 1. The number of carbonyl (C=O) groups is 2. The zero-order valence-electron chi connectivity index (χ0n) is 21.0. The Morgan fingerprint density at radius 1 is 1.10 bits per heavy atom. The van der Waals surface area contributed by atoms with Crippen molar-refractivity contribution in [2.45, 2.75) is 18.5 Å². The Morgan fingerprint density at radius 2 is 1.92 bits per heavy atom. The van der Waals surface area contributed by atoms with Gasteiger partial charge in [0.15, 0.2) is 5.11 Å². The first kappa shape index (κ1) is 26.1. The van der Waals surface area contributed by atoms with Gasteiger partial charge >= 0.3 is 5.97 Å². The number of methoxy groups -OCH3 is 1. The molecule has 2 N–H and O–H groups in total. The van der Waals surface area contributed by atoms with Crippen LogP contribution in [-0.2, 0) is 9.53 Å². The van der Waals surface area contributed by atoms with Crippen LogP contribution in [0.15, 0.2) is 89.5 Å². The summed E-state index contributed by atoms with van der Waals surface area (Å²) in [6.07, 6.45) is 1.77. The number of furan rings is 1. The first-order valence-corrected chi connectivity index (χ1v) is 12.7. The molecule has 0 bridgehead atoms. The molecule has 1 fully saturated rings. The zero-order chi connectivity index (χ0) is 27.4. The van der Waals surface area contributed by atoms with Crippen molar-refractivity contribution in [1.29, 1.82) is 0 Å². The van der Waals surface area contributed by atoms with E-state index in [4.69, 9.17) is 21.4 Å². The maximum Gasteiger partial charge on any atom is 0.337 e. The smallest absolute Gasteiger partial charge is 0.337 e. The number of pyridine rings is 1. The molecule has 1 saturated heterocycles. The van der Waals surface area contributed by atoms with Gasteiger partial charge in [-0.25, -0.2) is 9.18 Å². The Kier molecular flexibility index (Phi) is 7.64. The molecule has 2 aromatic heterocycles. The molecular weight excluding hydrogens is 519 g/mol. The molecule has 8 nitrogen and oxygen atoms in total. The number of nitrogens with zero attached hydrogens (tertiary/aromatic N) is 2. The van der Waals surface area contributed by atoms with Crippen LogP contribution < -0.4 is 10.6 Å². The molecule has 0 aliphatic carbocycles. The molecular formula is C29H25FN4O4S. The average molecular weight is 545 g/mol. The van der Waals surface area contributed by atoms with Gasteiger partial charge < -0.3 is 24.7 Å². The highest BCUT2D eigenvalue weighted by Crippen LogP contribution is 2.40. The van der Waals surface area contributed by atoms with E-state index in [1.54, 1.807) is 36.5 Å². The monoisotopic (exact) mass is 544 g/mol. The van der Waals surface area contributed by atoms with Crippen molar-refractivity contribution in [2.24, 2.45) is 0 Å². The van der Waals surface area contributed by atoms with Crippen molar-refractivity contribution >= 4 is 34.9 Å². The Hall–Kier alpha value is -4.57. The van der Waals surface area contributed by atoms with E-state index in [0.717, 1.165) is 5.69 Å². The van der Waals surface area contributed by atoms with E-state index in [9.17, 15) is 14.0 Å². The summed E-state index contributed by atoms with van der Waals surface area (Å²) in [7, 11) is 1.33. The van der Waals surface area contributed by atoms with Crippen LogP contribution in [0, 0.1) is 5.82 Å². The third-order valence-electron chi connectivity index (χ3n) is 6.41. The Morgan fingerprint density at radius 3 is 2.69 bits per heavy atom. The van der Waals surface area contributed by atoms with Gasteiger partial charge in [0.2, 0.25) is 5.91 Å². The summed E-state index contributed by atoms with van der Waals surface area (Å²) in [4.78, 5) is 31.1. The molecule has 0 saturated carbocycles. The fourth-order valence-electron chi connectivity index (χ4n) is 4.54. The molecule has 4 aromatic rings. The fourth-order valence-corrected chi connectivity index (χ4v) is 4.87. The number of rotatable bonds is 8. The maximum absolute atomic E-state index is 14.0. The van der Waals surface area contributed by atoms with Crippen LogP contribution in [0.5, 0.6) is 0 Å². The van der Waals surface area contributed by atoms with E-state index in [0.29, 0.717) is 27.8 Å². The summed E-state index contributed by atoms with van der Waals surface area (Å²) in [5, 5.41) is 6.37. The SMILES string of the molecule is COC(=O)c1cccc(-c2ccc([C@@H]3[C@H](c4ccccn4)NC(=S)N3CCC(=O)Nc3ccccc3F)o2)c1. The largest absolute Gasteiger partial charge is 0.465 e. The van der Waals surface area contributed by atoms with Gasteiger partial charge in [0, 0.05) is 24.7 Å². The van der Waals surface area contributed by atoms with Crippen LogP contribution in [0.2, 0.25) is 0 Å². The molecule has 10 heteroatoms. The Bertz CT molecular complexity index is 1510. The van der Waals surface area contributed by atoms with Gasteiger partial charge in [-0.3, -0.25) is 9.78 Å². The number of hydrogen-bond acceptors (Lipinski definition) is 6. The van der Waals surface area contributed by atoms with Gasteiger partial charge in [0.1, 0.15) is 23.4 Å². The number of amides is 1. The summed E-state index contributed by atoms with van der Waals surface area (Å²) in [6, 6.07) is 21.5. The van der Waals surface area contributed by atoms with Crippen LogP contribution in [0.1, 0.15) is 40.3 Å². The number of anilines is 1. The second-order valence-electron chi connectivity index (χ2n) is 8.87. The molecule has 5 rings (SSSR count). The van der Waals surface area contributed by atoms with E-state index >= 15 is 0 Å². The van der Waals surface area contributed by atoms with E-state index in [1.165, 1.54) is 19.2 Å². The summed E-state index contributed by atoms with van der Waals surface area (Å²) in [5.41, 5.74) is 2.00. The predicted molar refractivity (Wildman–Crippen MR) is 147 cm³/mol. The number of para-hydroxylation sites is 1. The van der Waals surface area contributed by atoms with Crippen molar-refractivity contribution in [3.63, 3.8) is 0 Å². The van der Waals surface area contributed by atoms with Gasteiger partial charge in [-0.1, -0.05) is 30.3 Å². The molecule has 39 heavy (non-hydrogen) atoms. The van der Waals surface area contributed by atoms with Crippen LogP contribution in [0.4, 0.5) is 10.1 Å². The molecule has 1 amide bonds. The van der Waals surface area contributed by atoms with Crippen molar-refractivity contribution in [3.05, 3.63) is 108 Å². The molecule has 2 atom stereocenters. The molecule has 0 spiro atoms. The normalized spacial score (nSPS) is 16.6. The number of nitrogens with one attached hydrogen (secondary N) is 2. The average Bonchev–Trinajstić information content (AvgIpc) is 3.58. The van der Waals surface area contributed by atoms with Crippen molar-refractivity contribution < 1.29 is 23.1 Å². The number of carbonyl (C=O) groups excluding carboxylic acids is 2. The van der Waals surface area contributed by atoms with Crippen molar-refractivity contribution in [2.75, 3.05) is 19.0 Å². The van der Waals surface area contributed by atoms with Gasteiger partial charge in [0.25, 0.3) is 0 Å². The topological polar surface area (TPSA) is 96.7 Å². The van der Waals surface area contributed by atoms with Gasteiger partial charge in [-0.2, -0.15) is 0 Å². The van der Waals surface area contributed by atoms with E-state index < -0.39 is 17.8 Å². The summed E-state index contributed by atoms with van der Waals surface area (Å²) < 4.78 is 25.1. The molecule has 0 unspecified atom stereocenters. The van der Waals surface area contributed by atoms with Crippen LogP contribution >= 0.6 is 12.2 Å². The minimum atomic E-state index is -0.503. The maximum atomic E-state index is 14.0.